The molecule has 5 heteroatoms. The molecule has 0 radical (unpaired) electrons. The Hall–Kier alpha value is 3.28. The summed E-state index contributed by atoms with van der Waals surface area (Å²) in [6, 6.07) is 0. The molecule has 2 nitrogen and oxygen atoms in total. The van der Waals surface area contributed by atoms with Crippen LogP contribution in [0, 0.1) is 35.6 Å². The van der Waals surface area contributed by atoms with Crippen LogP contribution in [0.3, 0.4) is 0 Å². The van der Waals surface area contributed by atoms with Crippen LogP contribution in [0.5, 0.6) is 0 Å². The van der Waals surface area contributed by atoms with Gasteiger partial charge in [0.05, 0.1) is 0 Å². The van der Waals surface area contributed by atoms with Crippen LogP contribution in [-0.4, -0.2) is 48.9 Å². The van der Waals surface area contributed by atoms with Crippen molar-refractivity contribution in [2.75, 3.05) is 0 Å². The normalized spacial score (nSPS) is 0. The van der Waals surface area contributed by atoms with Gasteiger partial charge in [0, 0.05) is 0 Å². The maximum absolute atomic E-state index is 0. The minimum atomic E-state index is 0. The average Bonchev–Trinajstić information content (AvgIpc) is 0. The molecule has 5 heavy (non-hydrogen) atoms. The van der Waals surface area contributed by atoms with E-state index in [-0.39, 0.29) is 114 Å². The molecule has 0 N–H and O–H groups in total. The molecule has 0 saturated carbocycles. The predicted octanol–water partition coefficient (Wildman–Crippen LogP) is -3.61. The summed E-state index contributed by atoms with van der Waals surface area (Å²) in [5.74, 6) is 0. The first kappa shape index (κ1) is 40.8. The number of hydrogen-bond acceptors (Lipinski definition) is 0. The summed E-state index contributed by atoms with van der Waals surface area (Å²) in [5.41, 5.74) is 0. The third-order valence-corrected chi connectivity index (χ3v) is 0. The van der Waals surface area contributed by atoms with Crippen LogP contribution < -0.4 is 18.9 Å². The first-order valence-electron chi connectivity index (χ1n) is 0. The fourth-order valence-electron chi connectivity index (χ4n) is 0. The smallest absolute Gasteiger partial charge is 2.00 e. The van der Waals surface area contributed by atoms with Crippen molar-refractivity contribution in [2.24, 2.45) is 0 Å². The number of hydrogen-bond donors (Lipinski definition) is 0. The van der Waals surface area contributed by atoms with Gasteiger partial charge in [-0.2, -0.15) is 0 Å². The van der Waals surface area contributed by atoms with Crippen LogP contribution >= 0.6 is 0 Å². The van der Waals surface area contributed by atoms with Gasteiger partial charge in [-0.25, -0.2) is 0 Å². The molecule has 0 saturated heterocycles. The van der Waals surface area contributed by atoms with Gasteiger partial charge in [-0.15, -0.1) is 0 Å². The molecule has 0 aliphatic heterocycles. The summed E-state index contributed by atoms with van der Waals surface area (Å²) >= 11 is 0. The SMILES string of the molecule is [Ba+2].[La+3].[Li+].[O-2].[O-2]. The van der Waals surface area contributed by atoms with Gasteiger partial charge in [-0.05, 0) is 0 Å². The van der Waals surface area contributed by atoms with Crippen molar-refractivity contribution in [3.8, 4) is 0 Å². The maximum Gasteiger partial charge on any atom is 3.00 e. The van der Waals surface area contributed by atoms with E-state index in [1.165, 1.54) is 0 Å². The Morgan fingerprint density at radius 2 is 0.800 bits per heavy atom. The molecule has 0 aromatic rings. The molecule has 0 atom stereocenters. The molecule has 0 bridgehead atoms. The molecule has 0 unspecified atom stereocenters. The Kier molecular flexibility index (Phi) is 217. The molecule has 0 fully saturated rings. The summed E-state index contributed by atoms with van der Waals surface area (Å²) < 4.78 is 0. The largest absolute Gasteiger partial charge is 3.00 e. The molecular weight excluding hydrogens is 315 g/mol. The van der Waals surface area contributed by atoms with E-state index in [1.807, 2.05) is 0 Å². The van der Waals surface area contributed by atoms with Gasteiger partial charge in [-0.1, -0.05) is 0 Å². The van der Waals surface area contributed by atoms with Gasteiger partial charge in [0.25, 0.3) is 0 Å². The monoisotopic (exact) mass is 316 g/mol. The van der Waals surface area contributed by atoms with Gasteiger partial charge in [0.2, 0.25) is 0 Å². The van der Waals surface area contributed by atoms with Crippen LogP contribution in [0.2, 0.25) is 0 Å². The third kappa shape index (κ3) is 18.9. The molecule has 0 heterocycles. The first-order valence-corrected chi connectivity index (χ1v) is 0. The Morgan fingerprint density at radius 3 is 0.800 bits per heavy atom. The van der Waals surface area contributed by atoms with Crippen LogP contribution in [0.15, 0.2) is 0 Å². The fraction of sp³-hybridized carbons (Fsp3) is 0. The second-order valence-corrected chi connectivity index (χ2v) is 0. The van der Waals surface area contributed by atoms with Crippen LogP contribution in [0.4, 0.5) is 0 Å². The topological polar surface area (TPSA) is 57.0 Å². The molecule has 0 aliphatic rings. The molecule has 0 spiro atoms. The third-order valence-electron chi connectivity index (χ3n) is 0. The van der Waals surface area contributed by atoms with E-state index in [1.54, 1.807) is 0 Å². The number of rotatable bonds is 0. The van der Waals surface area contributed by atoms with Gasteiger partial charge in [0.15, 0.2) is 0 Å². The zero-order valence-corrected chi connectivity index (χ0v) is 11.2. The molecular formula is BaLaLiO2+2. The minimum absolute atomic E-state index is 0. The Morgan fingerprint density at radius 1 is 0.800 bits per heavy atom. The summed E-state index contributed by atoms with van der Waals surface area (Å²) in [5, 5.41) is 0. The van der Waals surface area contributed by atoms with Gasteiger partial charge in [-0.3, -0.25) is 0 Å². The van der Waals surface area contributed by atoms with Crippen molar-refractivity contribution < 1.29 is 65.4 Å². The minimum Gasteiger partial charge on any atom is -2.00 e. The van der Waals surface area contributed by atoms with Gasteiger partial charge in [0.1, 0.15) is 0 Å². The molecule has 16 valence electrons. The van der Waals surface area contributed by atoms with Crippen molar-refractivity contribution in [2.45, 2.75) is 0 Å². The molecule has 0 aromatic carbocycles. The Bertz CT molecular complexity index is 9.61. The van der Waals surface area contributed by atoms with E-state index in [2.05, 4.69) is 0 Å². The van der Waals surface area contributed by atoms with Crippen molar-refractivity contribution in [3.63, 3.8) is 0 Å². The zero-order valence-electron chi connectivity index (χ0n) is 3.10. The average molecular weight is 315 g/mol. The van der Waals surface area contributed by atoms with Crippen molar-refractivity contribution >= 4 is 48.9 Å². The maximum atomic E-state index is 0. The predicted molar refractivity (Wildman–Crippen MR) is 7.13 cm³/mol. The van der Waals surface area contributed by atoms with E-state index in [4.69, 9.17) is 0 Å². The Balaban J connectivity index is 0. The van der Waals surface area contributed by atoms with E-state index in [0.29, 0.717) is 0 Å². The quantitative estimate of drug-likeness (QED) is 0.415. The van der Waals surface area contributed by atoms with Crippen molar-refractivity contribution in [1.29, 1.82) is 0 Å². The summed E-state index contributed by atoms with van der Waals surface area (Å²) in [7, 11) is 0. The zero-order chi connectivity index (χ0) is 0. The molecule has 0 rings (SSSR count). The van der Waals surface area contributed by atoms with E-state index >= 15 is 0 Å². The second kappa shape index (κ2) is 26.7. The van der Waals surface area contributed by atoms with Gasteiger partial charge < -0.3 is 11.0 Å². The molecule has 0 aromatic heterocycles. The van der Waals surface area contributed by atoms with Crippen molar-refractivity contribution in [3.05, 3.63) is 0 Å². The van der Waals surface area contributed by atoms with Crippen LogP contribution in [0.1, 0.15) is 0 Å². The van der Waals surface area contributed by atoms with E-state index in [0.717, 1.165) is 0 Å². The van der Waals surface area contributed by atoms with Crippen LogP contribution in [-0.2, 0) is 11.0 Å². The van der Waals surface area contributed by atoms with Gasteiger partial charge >= 0.3 is 103 Å². The standard InChI is InChI=1S/Ba.La.Li.2O/q+2;+3;+1;2*-2. The summed E-state index contributed by atoms with van der Waals surface area (Å²) in [4.78, 5) is 0. The molecule has 0 amide bonds. The molecule has 0 aliphatic carbocycles. The summed E-state index contributed by atoms with van der Waals surface area (Å²) in [6.45, 7) is 0. The van der Waals surface area contributed by atoms with E-state index in [9.17, 15) is 0 Å². The second-order valence-electron chi connectivity index (χ2n) is 0. The van der Waals surface area contributed by atoms with E-state index < -0.39 is 0 Å². The fourth-order valence-corrected chi connectivity index (χ4v) is 0. The van der Waals surface area contributed by atoms with Crippen LogP contribution in [0.25, 0.3) is 0 Å². The first-order chi connectivity index (χ1) is 0. The summed E-state index contributed by atoms with van der Waals surface area (Å²) in [6.07, 6.45) is 0. The Labute approximate surface area is 111 Å². The van der Waals surface area contributed by atoms with Crippen molar-refractivity contribution in [1.82, 2.24) is 0 Å².